The molecule has 0 spiro atoms. The van der Waals surface area contributed by atoms with E-state index in [1.165, 1.54) is 37.7 Å². The lowest BCUT2D eigenvalue weighted by molar-refractivity contribution is 0.0745. The van der Waals surface area contributed by atoms with E-state index >= 15 is 0 Å². The number of rotatable bonds is 13. The third kappa shape index (κ3) is 7.45. The van der Waals surface area contributed by atoms with Gasteiger partial charge in [-0.2, -0.15) is 0 Å². The molecule has 1 amide bonds. The quantitative estimate of drug-likeness (QED) is 0.181. The van der Waals surface area contributed by atoms with Gasteiger partial charge in [0.15, 0.2) is 5.65 Å². The molecule has 0 unspecified atom stereocenters. The lowest BCUT2D eigenvalue weighted by atomic mass is 10.1. The fourth-order valence-electron chi connectivity index (χ4n) is 5.69. The molecule has 0 radical (unpaired) electrons. The molecule has 0 saturated carbocycles. The number of nitrogens with one attached hydrogen (secondary N) is 1. The first-order chi connectivity index (χ1) is 19.7. The Morgan fingerprint density at radius 1 is 0.854 bits per heavy atom. The molecule has 1 aliphatic heterocycles. The minimum Gasteiger partial charge on any atom is -0.337 e. The van der Waals surface area contributed by atoms with Crippen LogP contribution in [0.1, 0.15) is 83.1 Å². The zero-order valence-electron chi connectivity index (χ0n) is 24.2. The van der Waals surface area contributed by atoms with Crippen LogP contribution < -0.4 is 5.32 Å². The van der Waals surface area contributed by atoms with Crippen molar-refractivity contribution in [3.05, 3.63) is 60.3 Å². The predicted octanol–water partition coefficient (Wildman–Crippen LogP) is 7.88. The maximum atomic E-state index is 13.6. The molecule has 3 heterocycles. The van der Waals surface area contributed by atoms with Crippen molar-refractivity contribution >= 4 is 39.5 Å². The first-order valence-corrected chi connectivity index (χ1v) is 15.3. The van der Waals surface area contributed by atoms with E-state index < -0.39 is 0 Å². The number of piperidine rings is 1. The molecule has 41 heavy (non-hydrogen) atoms. The molecule has 0 atom stereocenters. The van der Waals surface area contributed by atoms with E-state index in [0.29, 0.717) is 5.69 Å². The van der Waals surface area contributed by atoms with Gasteiger partial charge in [0, 0.05) is 30.7 Å². The van der Waals surface area contributed by atoms with Crippen LogP contribution in [0.5, 0.6) is 0 Å². The summed E-state index contributed by atoms with van der Waals surface area (Å²) in [6, 6.07) is 18.5. The summed E-state index contributed by atoms with van der Waals surface area (Å²) in [7, 11) is 0. The van der Waals surface area contributed by atoms with E-state index in [1.807, 2.05) is 17.0 Å². The molecule has 5 rings (SSSR count). The number of aromatic nitrogens is 3. The van der Waals surface area contributed by atoms with Crippen LogP contribution in [0.15, 0.2) is 54.6 Å². The van der Waals surface area contributed by atoms with Crippen molar-refractivity contribution in [2.24, 2.45) is 0 Å². The Labute approximate surface area is 246 Å². The summed E-state index contributed by atoms with van der Waals surface area (Å²) in [6.45, 7) is 10.1. The van der Waals surface area contributed by atoms with Gasteiger partial charge >= 0.3 is 0 Å². The Kier molecular flexibility index (Phi) is 11.1. The van der Waals surface area contributed by atoms with Gasteiger partial charge in [0.2, 0.25) is 5.95 Å². The van der Waals surface area contributed by atoms with Crippen LogP contribution in [0.25, 0.3) is 21.9 Å². The minimum absolute atomic E-state index is 0. The predicted molar refractivity (Wildman–Crippen MR) is 172 cm³/mol. The zero-order chi connectivity index (χ0) is 27.7. The molecule has 2 aromatic carbocycles. The third-order valence-electron chi connectivity index (χ3n) is 8.00. The van der Waals surface area contributed by atoms with Crippen molar-refractivity contribution < 1.29 is 4.79 Å². The molecule has 2 aromatic heterocycles. The Morgan fingerprint density at radius 2 is 1.59 bits per heavy atom. The summed E-state index contributed by atoms with van der Waals surface area (Å²) < 4.78 is 2.18. The average molecular weight is 557 g/mol. The van der Waals surface area contributed by atoms with Gasteiger partial charge in [-0.1, -0.05) is 76.9 Å². The number of amides is 1. The first-order valence-electron chi connectivity index (χ1n) is 15.3. The average Bonchev–Trinajstić information content (AvgIpc) is 3.33. The van der Waals surface area contributed by atoms with Gasteiger partial charge in [-0.3, -0.25) is 9.36 Å². The highest BCUT2D eigenvalue weighted by Crippen LogP contribution is 2.28. The van der Waals surface area contributed by atoms with Gasteiger partial charge in [-0.25, -0.2) is 9.97 Å². The molecular weight excluding hydrogens is 508 g/mol. The molecule has 7 nitrogen and oxygen atoms in total. The second-order valence-electron chi connectivity index (χ2n) is 11.0. The first kappa shape index (κ1) is 30.5. The molecule has 0 bridgehead atoms. The number of fused-ring (bicyclic) bond motifs is 2. The zero-order valence-corrected chi connectivity index (χ0v) is 24.2. The van der Waals surface area contributed by atoms with Crippen molar-refractivity contribution in [3.8, 4) is 0 Å². The molecule has 7 heteroatoms. The molecule has 0 aliphatic carbocycles. The normalized spacial score (nSPS) is 13.8. The summed E-state index contributed by atoms with van der Waals surface area (Å²) in [6.07, 6.45) is 9.08. The summed E-state index contributed by atoms with van der Waals surface area (Å²) >= 11 is 0. The standard InChI is InChI=1S/C33H44N6O.CH4/c1-3-5-23-38(24-6-4-2)32(40)30-19-18-29-31(34-30)39(25-13-22-37-20-10-7-11-21-37)33(36-29)35-28-17-12-15-26-14-8-9-16-27(26)28;/h8-9,12,14-19H,3-7,10-11,13,20-25H2,1-2H3,(H,35,36);1H4. The highest BCUT2D eigenvalue weighted by molar-refractivity contribution is 5.96. The Balaban J connectivity index is 0.00000387. The molecule has 4 aromatic rings. The van der Waals surface area contributed by atoms with Crippen LogP contribution in [0.4, 0.5) is 11.6 Å². The summed E-state index contributed by atoms with van der Waals surface area (Å²) in [5.74, 6) is 0.796. The number of unbranched alkanes of at least 4 members (excludes halogenated alkanes) is 2. The van der Waals surface area contributed by atoms with Crippen LogP contribution in [0.2, 0.25) is 0 Å². The monoisotopic (exact) mass is 556 g/mol. The number of hydrogen-bond donors (Lipinski definition) is 1. The van der Waals surface area contributed by atoms with Crippen molar-refractivity contribution in [2.75, 3.05) is 38.0 Å². The molecule has 1 fully saturated rings. The lowest BCUT2D eigenvalue weighted by Gasteiger charge is -2.26. The van der Waals surface area contributed by atoms with Crippen molar-refractivity contribution in [1.82, 2.24) is 24.3 Å². The number of imidazole rings is 1. The number of aryl methyl sites for hydroxylation is 1. The van der Waals surface area contributed by atoms with Crippen molar-refractivity contribution in [3.63, 3.8) is 0 Å². The number of carbonyl (C=O) groups is 1. The molecule has 1 N–H and O–H groups in total. The van der Waals surface area contributed by atoms with Crippen LogP contribution in [0.3, 0.4) is 0 Å². The van der Waals surface area contributed by atoms with E-state index in [1.54, 1.807) is 0 Å². The number of likely N-dealkylation sites (tertiary alicyclic amines) is 1. The number of benzene rings is 2. The van der Waals surface area contributed by atoms with Crippen LogP contribution in [0, 0.1) is 0 Å². The number of carbonyl (C=O) groups excluding carboxylic acids is 1. The third-order valence-corrected chi connectivity index (χ3v) is 8.00. The Morgan fingerprint density at radius 3 is 2.34 bits per heavy atom. The van der Waals surface area contributed by atoms with Gasteiger partial charge in [-0.05, 0) is 75.3 Å². The largest absolute Gasteiger partial charge is 0.337 e. The van der Waals surface area contributed by atoms with E-state index in [9.17, 15) is 4.79 Å². The number of hydrogen-bond acceptors (Lipinski definition) is 5. The van der Waals surface area contributed by atoms with Crippen molar-refractivity contribution in [1.29, 1.82) is 0 Å². The van der Waals surface area contributed by atoms with Gasteiger partial charge < -0.3 is 15.1 Å². The van der Waals surface area contributed by atoms with E-state index in [4.69, 9.17) is 9.97 Å². The second-order valence-corrected chi connectivity index (χ2v) is 11.0. The maximum Gasteiger partial charge on any atom is 0.272 e. The lowest BCUT2D eigenvalue weighted by Crippen LogP contribution is -2.33. The Bertz CT molecular complexity index is 1390. The fraction of sp³-hybridized carbons (Fsp3) is 0.500. The van der Waals surface area contributed by atoms with Gasteiger partial charge in [0.05, 0.1) is 0 Å². The smallest absolute Gasteiger partial charge is 0.272 e. The number of nitrogens with zero attached hydrogens (tertiary/aromatic N) is 5. The van der Waals surface area contributed by atoms with Crippen LogP contribution in [-0.4, -0.2) is 63.0 Å². The van der Waals surface area contributed by atoms with E-state index in [-0.39, 0.29) is 13.3 Å². The van der Waals surface area contributed by atoms with Gasteiger partial charge in [0.1, 0.15) is 11.2 Å². The molecule has 220 valence electrons. The minimum atomic E-state index is 0. The van der Waals surface area contributed by atoms with Crippen molar-refractivity contribution in [2.45, 2.75) is 79.2 Å². The fourth-order valence-corrected chi connectivity index (χ4v) is 5.69. The number of pyridine rings is 1. The van der Waals surface area contributed by atoms with E-state index in [0.717, 1.165) is 86.5 Å². The van der Waals surface area contributed by atoms with E-state index in [2.05, 4.69) is 71.1 Å². The SMILES string of the molecule is C.CCCCN(CCCC)C(=O)c1ccc2nc(Nc3cccc4ccccc34)n(CCCN3CCCCC3)c2n1. The topological polar surface area (TPSA) is 66.3 Å². The number of anilines is 2. The molecule has 1 aliphatic rings. The summed E-state index contributed by atoms with van der Waals surface area (Å²) in [5, 5.41) is 5.97. The van der Waals surface area contributed by atoms with Gasteiger partial charge in [0.25, 0.3) is 5.91 Å². The summed E-state index contributed by atoms with van der Waals surface area (Å²) in [5.41, 5.74) is 3.12. The van der Waals surface area contributed by atoms with Crippen LogP contribution >= 0.6 is 0 Å². The van der Waals surface area contributed by atoms with Gasteiger partial charge in [-0.15, -0.1) is 0 Å². The Hall–Kier alpha value is -3.45. The maximum absolute atomic E-state index is 13.6. The highest BCUT2D eigenvalue weighted by Gasteiger charge is 2.20. The molecular formula is C34H48N6O. The highest BCUT2D eigenvalue weighted by atomic mass is 16.2. The molecule has 1 saturated heterocycles. The second kappa shape index (κ2) is 15.0. The summed E-state index contributed by atoms with van der Waals surface area (Å²) in [4.78, 5) is 28.1. The van der Waals surface area contributed by atoms with Crippen LogP contribution in [-0.2, 0) is 6.54 Å².